The van der Waals surface area contributed by atoms with Crippen molar-refractivity contribution < 1.29 is 9.53 Å². The lowest BCUT2D eigenvalue weighted by Gasteiger charge is -2.32. The molecule has 1 amide bonds. The summed E-state index contributed by atoms with van der Waals surface area (Å²) in [6, 6.07) is 15.1. The van der Waals surface area contributed by atoms with Crippen molar-refractivity contribution in [2.75, 3.05) is 24.5 Å². The summed E-state index contributed by atoms with van der Waals surface area (Å²) in [4.78, 5) is 27.0. The normalized spacial score (nSPS) is 15.8. The Labute approximate surface area is 199 Å². The highest BCUT2D eigenvalue weighted by molar-refractivity contribution is 6.33. The molecule has 3 aromatic rings. The van der Waals surface area contributed by atoms with Crippen LogP contribution in [-0.4, -0.2) is 40.4 Å². The fraction of sp³-hybridized carbons (Fsp3) is 0.346. The van der Waals surface area contributed by atoms with Crippen LogP contribution in [0.15, 0.2) is 48.5 Å². The highest BCUT2D eigenvalue weighted by Gasteiger charge is 2.29. The molecule has 0 aliphatic carbocycles. The van der Waals surface area contributed by atoms with Crippen molar-refractivity contribution in [3.63, 3.8) is 0 Å². The number of rotatable bonds is 4. The van der Waals surface area contributed by atoms with Gasteiger partial charge in [0, 0.05) is 26.1 Å². The molecule has 1 fully saturated rings. The standard InChI is InChI=1S/C26H27ClN4O2/c1-18-9-11-19(12-10-18)33-24-21-17-31(25(32)20-7-3-4-8-22(20)27)16-13-23(21)28-26(29-24)30-14-5-2-6-15-30/h3-4,7-12H,2,5-6,13-17H2,1H3. The quantitative estimate of drug-likeness (QED) is 0.518. The van der Waals surface area contributed by atoms with E-state index in [2.05, 4.69) is 4.90 Å². The van der Waals surface area contributed by atoms with E-state index < -0.39 is 0 Å². The summed E-state index contributed by atoms with van der Waals surface area (Å²) in [5.74, 6) is 1.89. The molecule has 170 valence electrons. The maximum atomic E-state index is 13.2. The Morgan fingerprint density at radius 2 is 1.73 bits per heavy atom. The van der Waals surface area contributed by atoms with Gasteiger partial charge in [-0.2, -0.15) is 4.98 Å². The van der Waals surface area contributed by atoms with Crippen LogP contribution in [0.1, 0.15) is 46.4 Å². The molecular formula is C26H27ClN4O2. The van der Waals surface area contributed by atoms with E-state index in [1.165, 1.54) is 6.42 Å². The van der Waals surface area contributed by atoms with Crippen molar-refractivity contribution in [3.8, 4) is 11.6 Å². The first kappa shape index (κ1) is 21.7. The van der Waals surface area contributed by atoms with E-state index >= 15 is 0 Å². The zero-order chi connectivity index (χ0) is 22.8. The number of carbonyl (C=O) groups is 1. The van der Waals surface area contributed by atoms with Crippen LogP contribution in [0.3, 0.4) is 0 Å². The fourth-order valence-electron chi connectivity index (χ4n) is 4.39. The number of aromatic nitrogens is 2. The third-order valence-corrected chi connectivity index (χ3v) is 6.61. The molecule has 6 nitrogen and oxygen atoms in total. The Morgan fingerprint density at radius 3 is 2.48 bits per heavy atom. The van der Waals surface area contributed by atoms with Gasteiger partial charge in [-0.05, 0) is 50.5 Å². The summed E-state index contributed by atoms with van der Waals surface area (Å²) in [5, 5.41) is 0.459. The van der Waals surface area contributed by atoms with Crippen LogP contribution in [-0.2, 0) is 13.0 Å². The number of ether oxygens (including phenoxy) is 1. The Balaban J connectivity index is 1.49. The SMILES string of the molecule is Cc1ccc(Oc2nc(N3CCCCC3)nc3c2CN(C(=O)c2ccccc2Cl)CC3)cc1. The molecule has 2 aromatic carbocycles. The van der Waals surface area contributed by atoms with E-state index in [-0.39, 0.29) is 5.91 Å². The number of aryl methyl sites for hydroxylation is 1. The van der Waals surface area contributed by atoms with E-state index in [0.29, 0.717) is 36.0 Å². The molecule has 7 heteroatoms. The molecule has 0 N–H and O–H groups in total. The Hall–Kier alpha value is -3.12. The van der Waals surface area contributed by atoms with E-state index in [4.69, 9.17) is 26.3 Å². The monoisotopic (exact) mass is 462 g/mol. The van der Waals surface area contributed by atoms with Crippen LogP contribution < -0.4 is 9.64 Å². The summed E-state index contributed by atoms with van der Waals surface area (Å²) in [7, 11) is 0. The average Bonchev–Trinajstić information content (AvgIpc) is 2.85. The predicted octanol–water partition coefficient (Wildman–Crippen LogP) is 5.42. The van der Waals surface area contributed by atoms with E-state index in [1.54, 1.807) is 17.0 Å². The number of hydrogen-bond donors (Lipinski definition) is 0. The number of carbonyl (C=O) groups excluding carboxylic acids is 1. The first-order valence-corrected chi connectivity index (χ1v) is 11.9. The molecule has 33 heavy (non-hydrogen) atoms. The highest BCUT2D eigenvalue weighted by atomic mass is 35.5. The maximum Gasteiger partial charge on any atom is 0.255 e. The third-order valence-electron chi connectivity index (χ3n) is 6.28. The minimum absolute atomic E-state index is 0.0901. The van der Waals surface area contributed by atoms with Gasteiger partial charge in [-0.1, -0.05) is 41.4 Å². The maximum absolute atomic E-state index is 13.2. The van der Waals surface area contributed by atoms with Crippen molar-refractivity contribution in [1.29, 1.82) is 0 Å². The van der Waals surface area contributed by atoms with Gasteiger partial charge >= 0.3 is 0 Å². The Kier molecular flexibility index (Phi) is 6.18. The molecule has 2 aliphatic heterocycles. The molecule has 5 rings (SSSR count). The number of halogens is 1. The molecule has 0 atom stereocenters. The average molecular weight is 463 g/mol. The number of benzene rings is 2. The number of amides is 1. The summed E-state index contributed by atoms with van der Waals surface area (Å²) < 4.78 is 6.28. The van der Waals surface area contributed by atoms with Crippen molar-refractivity contribution in [2.24, 2.45) is 0 Å². The number of hydrogen-bond acceptors (Lipinski definition) is 5. The summed E-state index contributed by atoms with van der Waals surface area (Å²) in [5.41, 5.74) is 3.49. The molecule has 2 aliphatic rings. The molecule has 3 heterocycles. The molecule has 1 aromatic heterocycles. The first-order valence-electron chi connectivity index (χ1n) is 11.5. The lowest BCUT2D eigenvalue weighted by Crippen LogP contribution is -2.38. The summed E-state index contributed by atoms with van der Waals surface area (Å²) in [6.07, 6.45) is 4.19. The topological polar surface area (TPSA) is 58.6 Å². The van der Waals surface area contributed by atoms with Gasteiger partial charge < -0.3 is 14.5 Å². The van der Waals surface area contributed by atoms with Crippen LogP contribution in [0, 0.1) is 6.92 Å². The zero-order valence-electron chi connectivity index (χ0n) is 18.8. The van der Waals surface area contributed by atoms with Gasteiger partial charge in [0.2, 0.25) is 11.8 Å². The fourth-order valence-corrected chi connectivity index (χ4v) is 4.60. The predicted molar refractivity (Wildman–Crippen MR) is 129 cm³/mol. The number of anilines is 1. The molecule has 0 saturated carbocycles. The van der Waals surface area contributed by atoms with Gasteiger partial charge in [-0.15, -0.1) is 0 Å². The molecular weight excluding hydrogens is 436 g/mol. The lowest BCUT2D eigenvalue weighted by molar-refractivity contribution is 0.0732. The molecule has 0 spiro atoms. The minimum Gasteiger partial charge on any atom is -0.438 e. The summed E-state index contributed by atoms with van der Waals surface area (Å²) in [6.45, 7) is 4.93. The lowest BCUT2D eigenvalue weighted by atomic mass is 10.0. The largest absolute Gasteiger partial charge is 0.438 e. The zero-order valence-corrected chi connectivity index (χ0v) is 19.5. The van der Waals surface area contributed by atoms with Crippen LogP contribution in [0.25, 0.3) is 0 Å². The van der Waals surface area contributed by atoms with Crippen LogP contribution >= 0.6 is 11.6 Å². The Morgan fingerprint density at radius 1 is 0.970 bits per heavy atom. The second kappa shape index (κ2) is 9.40. The van der Waals surface area contributed by atoms with Gasteiger partial charge in [0.1, 0.15) is 5.75 Å². The van der Waals surface area contributed by atoms with Crippen LogP contribution in [0.2, 0.25) is 5.02 Å². The number of nitrogens with zero attached hydrogens (tertiary/aromatic N) is 4. The van der Waals surface area contributed by atoms with Crippen molar-refractivity contribution in [2.45, 2.75) is 39.2 Å². The van der Waals surface area contributed by atoms with Gasteiger partial charge in [-0.25, -0.2) is 4.98 Å². The highest BCUT2D eigenvalue weighted by Crippen LogP contribution is 2.33. The third kappa shape index (κ3) is 4.67. The van der Waals surface area contributed by atoms with Crippen molar-refractivity contribution in [3.05, 3.63) is 75.9 Å². The van der Waals surface area contributed by atoms with Gasteiger partial charge in [0.15, 0.2) is 0 Å². The molecule has 0 radical (unpaired) electrons. The number of fused-ring (bicyclic) bond motifs is 1. The Bertz CT molecular complexity index is 1160. The second-order valence-corrected chi connectivity index (χ2v) is 9.08. The van der Waals surface area contributed by atoms with E-state index in [1.807, 2.05) is 43.3 Å². The first-order chi connectivity index (χ1) is 16.1. The van der Waals surface area contributed by atoms with Gasteiger partial charge in [0.25, 0.3) is 5.91 Å². The molecule has 0 bridgehead atoms. The summed E-state index contributed by atoms with van der Waals surface area (Å²) >= 11 is 6.29. The van der Waals surface area contributed by atoms with E-state index in [9.17, 15) is 4.79 Å². The number of piperidine rings is 1. The van der Waals surface area contributed by atoms with Crippen molar-refractivity contribution >= 4 is 23.5 Å². The molecule has 0 unspecified atom stereocenters. The van der Waals surface area contributed by atoms with Gasteiger partial charge in [-0.3, -0.25) is 4.79 Å². The van der Waals surface area contributed by atoms with Crippen molar-refractivity contribution in [1.82, 2.24) is 14.9 Å². The minimum atomic E-state index is -0.0901. The van der Waals surface area contributed by atoms with Crippen LogP contribution in [0.4, 0.5) is 5.95 Å². The second-order valence-electron chi connectivity index (χ2n) is 8.67. The molecule has 1 saturated heterocycles. The van der Waals surface area contributed by atoms with Gasteiger partial charge in [0.05, 0.1) is 28.4 Å². The van der Waals surface area contributed by atoms with Crippen LogP contribution in [0.5, 0.6) is 11.6 Å². The smallest absolute Gasteiger partial charge is 0.255 e. The van der Waals surface area contributed by atoms with E-state index in [0.717, 1.165) is 54.4 Å².